The molecule has 0 aliphatic rings. The summed E-state index contributed by atoms with van der Waals surface area (Å²) < 4.78 is 5.36. The van der Waals surface area contributed by atoms with E-state index < -0.39 is 5.41 Å². The first-order valence-corrected chi connectivity index (χ1v) is 5.84. The van der Waals surface area contributed by atoms with Crippen molar-refractivity contribution >= 4 is 11.6 Å². The average Bonchev–Trinajstić information content (AvgIpc) is 2.27. The molecule has 0 aliphatic heterocycles. The van der Waals surface area contributed by atoms with Crippen molar-refractivity contribution in [2.24, 2.45) is 5.41 Å². The molecule has 94 valence electrons. The fourth-order valence-electron chi connectivity index (χ4n) is 1.06. The SMILES string of the molecule is CCCOc1ccc(NC(=O)C(C)(C)C)cn1. The van der Waals surface area contributed by atoms with Gasteiger partial charge in [-0.1, -0.05) is 27.7 Å². The molecule has 1 aromatic rings. The summed E-state index contributed by atoms with van der Waals surface area (Å²) in [6.45, 7) is 8.30. The van der Waals surface area contributed by atoms with E-state index in [1.165, 1.54) is 0 Å². The zero-order valence-electron chi connectivity index (χ0n) is 10.9. The van der Waals surface area contributed by atoms with Crippen LogP contribution in [0.1, 0.15) is 34.1 Å². The highest BCUT2D eigenvalue weighted by atomic mass is 16.5. The van der Waals surface area contributed by atoms with Gasteiger partial charge in [0.1, 0.15) is 0 Å². The van der Waals surface area contributed by atoms with Gasteiger partial charge in [-0.05, 0) is 12.5 Å². The number of pyridine rings is 1. The Morgan fingerprint density at radius 2 is 2.12 bits per heavy atom. The van der Waals surface area contributed by atoms with Crippen LogP contribution in [-0.2, 0) is 4.79 Å². The third-order valence-corrected chi connectivity index (χ3v) is 2.13. The molecule has 1 amide bonds. The Hall–Kier alpha value is -1.58. The number of amides is 1. The van der Waals surface area contributed by atoms with Crippen LogP contribution in [0.4, 0.5) is 5.69 Å². The summed E-state index contributed by atoms with van der Waals surface area (Å²) in [5, 5.41) is 2.81. The number of carbonyl (C=O) groups excluding carboxylic acids is 1. The van der Waals surface area contributed by atoms with Crippen LogP contribution in [0.2, 0.25) is 0 Å². The van der Waals surface area contributed by atoms with Gasteiger partial charge >= 0.3 is 0 Å². The average molecular weight is 236 g/mol. The van der Waals surface area contributed by atoms with E-state index in [-0.39, 0.29) is 5.91 Å². The second-order valence-corrected chi connectivity index (χ2v) is 4.94. The van der Waals surface area contributed by atoms with Crippen LogP contribution < -0.4 is 10.1 Å². The van der Waals surface area contributed by atoms with Gasteiger partial charge in [-0.2, -0.15) is 0 Å². The maximum atomic E-state index is 11.7. The predicted molar refractivity (Wildman–Crippen MR) is 68.1 cm³/mol. The van der Waals surface area contributed by atoms with E-state index in [1.807, 2.05) is 27.7 Å². The van der Waals surface area contributed by atoms with E-state index in [1.54, 1.807) is 18.3 Å². The lowest BCUT2D eigenvalue weighted by molar-refractivity contribution is -0.123. The summed E-state index contributed by atoms with van der Waals surface area (Å²) in [6, 6.07) is 3.55. The van der Waals surface area contributed by atoms with Gasteiger partial charge in [-0.3, -0.25) is 4.79 Å². The molecule has 1 aromatic heterocycles. The molecule has 0 fully saturated rings. The van der Waals surface area contributed by atoms with Gasteiger partial charge in [0, 0.05) is 11.5 Å². The van der Waals surface area contributed by atoms with E-state index >= 15 is 0 Å². The number of nitrogens with one attached hydrogen (secondary N) is 1. The first-order valence-electron chi connectivity index (χ1n) is 5.84. The number of aromatic nitrogens is 1. The quantitative estimate of drug-likeness (QED) is 0.874. The molecule has 0 spiro atoms. The van der Waals surface area contributed by atoms with Gasteiger partial charge in [-0.15, -0.1) is 0 Å². The molecule has 17 heavy (non-hydrogen) atoms. The van der Waals surface area contributed by atoms with E-state index in [0.717, 1.165) is 6.42 Å². The van der Waals surface area contributed by atoms with Gasteiger partial charge in [0.05, 0.1) is 18.5 Å². The van der Waals surface area contributed by atoms with Crippen LogP contribution in [0.15, 0.2) is 18.3 Å². The Morgan fingerprint density at radius 3 is 2.59 bits per heavy atom. The van der Waals surface area contributed by atoms with Crippen LogP contribution in [0, 0.1) is 5.41 Å². The molecule has 0 aliphatic carbocycles. The van der Waals surface area contributed by atoms with Crippen molar-refractivity contribution < 1.29 is 9.53 Å². The Kier molecular flexibility index (Phi) is 4.49. The number of anilines is 1. The molecule has 0 atom stereocenters. The van der Waals surface area contributed by atoms with E-state index in [9.17, 15) is 4.79 Å². The summed E-state index contributed by atoms with van der Waals surface area (Å²) >= 11 is 0. The highest BCUT2D eigenvalue weighted by molar-refractivity contribution is 5.94. The molecule has 0 aromatic carbocycles. The van der Waals surface area contributed by atoms with Crippen LogP contribution >= 0.6 is 0 Å². The highest BCUT2D eigenvalue weighted by Crippen LogP contribution is 2.18. The van der Waals surface area contributed by atoms with Gasteiger partial charge in [0.2, 0.25) is 11.8 Å². The van der Waals surface area contributed by atoms with Gasteiger partial charge in [0.25, 0.3) is 0 Å². The second kappa shape index (κ2) is 5.66. The van der Waals surface area contributed by atoms with Crippen LogP contribution in [0.25, 0.3) is 0 Å². The maximum Gasteiger partial charge on any atom is 0.229 e. The van der Waals surface area contributed by atoms with Crippen LogP contribution in [0.3, 0.4) is 0 Å². The van der Waals surface area contributed by atoms with Crippen molar-refractivity contribution in [2.75, 3.05) is 11.9 Å². The highest BCUT2D eigenvalue weighted by Gasteiger charge is 2.21. The summed E-state index contributed by atoms with van der Waals surface area (Å²) in [6.07, 6.45) is 2.55. The Morgan fingerprint density at radius 1 is 1.41 bits per heavy atom. The lowest BCUT2D eigenvalue weighted by atomic mass is 9.96. The fourth-order valence-corrected chi connectivity index (χ4v) is 1.06. The smallest absolute Gasteiger partial charge is 0.229 e. The molecule has 4 heteroatoms. The minimum absolute atomic E-state index is 0.0264. The number of carbonyl (C=O) groups is 1. The number of rotatable bonds is 4. The third-order valence-electron chi connectivity index (χ3n) is 2.13. The third kappa shape index (κ3) is 4.43. The normalized spacial score (nSPS) is 11.1. The molecule has 1 heterocycles. The molecular weight excluding hydrogens is 216 g/mol. The summed E-state index contributed by atoms with van der Waals surface area (Å²) in [5.41, 5.74) is 0.283. The number of hydrogen-bond acceptors (Lipinski definition) is 3. The largest absolute Gasteiger partial charge is 0.478 e. The Bertz CT molecular complexity index is 366. The molecule has 4 nitrogen and oxygen atoms in total. The fraction of sp³-hybridized carbons (Fsp3) is 0.538. The number of ether oxygens (including phenoxy) is 1. The molecular formula is C13H20N2O2. The first kappa shape index (κ1) is 13.5. The minimum atomic E-state index is -0.405. The predicted octanol–water partition coefficient (Wildman–Crippen LogP) is 2.86. The molecule has 0 bridgehead atoms. The maximum absolute atomic E-state index is 11.7. The lowest BCUT2D eigenvalue weighted by Crippen LogP contribution is -2.27. The Balaban J connectivity index is 2.59. The standard InChI is InChI=1S/C13H20N2O2/c1-5-8-17-11-7-6-10(9-14-11)15-12(16)13(2,3)4/h6-7,9H,5,8H2,1-4H3,(H,15,16). The summed E-state index contributed by atoms with van der Waals surface area (Å²) in [5.74, 6) is 0.558. The summed E-state index contributed by atoms with van der Waals surface area (Å²) in [4.78, 5) is 15.8. The van der Waals surface area contributed by atoms with Gasteiger partial charge in [0.15, 0.2) is 0 Å². The van der Waals surface area contributed by atoms with E-state index in [0.29, 0.717) is 18.2 Å². The minimum Gasteiger partial charge on any atom is -0.478 e. The molecule has 1 N–H and O–H groups in total. The van der Waals surface area contributed by atoms with Crippen molar-refractivity contribution in [2.45, 2.75) is 34.1 Å². The number of hydrogen-bond donors (Lipinski definition) is 1. The zero-order valence-corrected chi connectivity index (χ0v) is 10.9. The lowest BCUT2D eigenvalue weighted by Gasteiger charge is -2.17. The van der Waals surface area contributed by atoms with Crippen LogP contribution in [0.5, 0.6) is 5.88 Å². The van der Waals surface area contributed by atoms with E-state index in [4.69, 9.17) is 4.74 Å². The Labute approximate surface area is 102 Å². The van der Waals surface area contributed by atoms with E-state index in [2.05, 4.69) is 10.3 Å². The molecule has 0 unspecified atom stereocenters. The molecule has 0 saturated heterocycles. The van der Waals surface area contributed by atoms with Crippen LogP contribution in [-0.4, -0.2) is 17.5 Å². The monoisotopic (exact) mass is 236 g/mol. The number of nitrogens with zero attached hydrogens (tertiary/aromatic N) is 1. The second-order valence-electron chi connectivity index (χ2n) is 4.94. The van der Waals surface area contributed by atoms with Crippen molar-refractivity contribution in [1.29, 1.82) is 0 Å². The summed E-state index contributed by atoms with van der Waals surface area (Å²) in [7, 11) is 0. The van der Waals surface area contributed by atoms with Crippen molar-refractivity contribution in [3.8, 4) is 5.88 Å². The van der Waals surface area contributed by atoms with Crippen molar-refractivity contribution in [1.82, 2.24) is 4.98 Å². The first-order chi connectivity index (χ1) is 7.93. The topological polar surface area (TPSA) is 51.2 Å². The molecule has 1 rings (SSSR count). The van der Waals surface area contributed by atoms with Gasteiger partial charge < -0.3 is 10.1 Å². The van der Waals surface area contributed by atoms with Crippen molar-refractivity contribution in [3.05, 3.63) is 18.3 Å². The van der Waals surface area contributed by atoms with Crippen molar-refractivity contribution in [3.63, 3.8) is 0 Å². The molecule has 0 radical (unpaired) electrons. The molecule has 0 saturated carbocycles. The van der Waals surface area contributed by atoms with Gasteiger partial charge in [-0.25, -0.2) is 4.98 Å². The zero-order chi connectivity index (χ0) is 12.9.